The van der Waals surface area contributed by atoms with Crippen LogP contribution in [-0.2, 0) is 22.5 Å². The average Bonchev–Trinajstić information content (AvgIpc) is 3.21. The Labute approximate surface area is 192 Å². The van der Waals surface area contributed by atoms with E-state index in [1.807, 2.05) is 42.2 Å². The first-order valence-corrected chi connectivity index (χ1v) is 12.6. The highest BCUT2D eigenvalue weighted by atomic mass is 32.2. The number of carbonyl (C=O) groups is 1. The van der Waals surface area contributed by atoms with Gasteiger partial charge >= 0.3 is 0 Å². The van der Waals surface area contributed by atoms with Gasteiger partial charge in [-0.2, -0.15) is 5.10 Å². The summed E-state index contributed by atoms with van der Waals surface area (Å²) in [5, 5.41) is 4.49. The molecule has 172 valence electrons. The van der Waals surface area contributed by atoms with Crippen molar-refractivity contribution < 1.29 is 22.7 Å². The molecule has 5 rings (SSSR count). The molecule has 3 aromatic rings. The molecule has 0 unspecified atom stereocenters. The number of rotatable bonds is 3. The Hall–Kier alpha value is -3.33. The standard InChI is InChI=1S/C24H25N3O5S/c1-26-22-17-6-4-5-7-20(17)32-24(19(22)15-25-26)10-12-27(13-11-24)23(28)18-9-8-16(33(3,29)30)14-21(18)31-2/h4-9,14-15H,10-13H2,1-3H3. The molecule has 1 fully saturated rings. The van der Waals surface area contributed by atoms with E-state index in [9.17, 15) is 13.2 Å². The summed E-state index contributed by atoms with van der Waals surface area (Å²) in [6.07, 6.45) is 4.24. The molecule has 2 aliphatic rings. The predicted molar refractivity (Wildman–Crippen MR) is 122 cm³/mol. The smallest absolute Gasteiger partial charge is 0.257 e. The molecule has 9 heteroatoms. The quantitative estimate of drug-likeness (QED) is 0.588. The highest BCUT2D eigenvalue weighted by Gasteiger charge is 2.46. The molecule has 1 aromatic heterocycles. The number of hydrogen-bond acceptors (Lipinski definition) is 6. The maximum Gasteiger partial charge on any atom is 0.257 e. The second kappa shape index (κ2) is 7.62. The first-order chi connectivity index (χ1) is 15.7. The number of likely N-dealkylation sites (tertiary alicyclic amines) is 1. The third-order valence-electron chi connectivity index (χ3n) is 6.57. The summed E-state index contributed by atoms with van der Waals surface area (Å²) < 4.78 is 37.5. The van der Waals surface area contributed by atoms with Gasteiger partial charge in [0, 0.05) is 50.4 Å². The van der Waals surface area contributed by atoms with Gasteiger partial charge in [0.25, 0.3) is 5.91 Å². The third-order valence-corrected chi connectivity index (χ3v) is 7.68. The summed E-state index contributed by atoms with van der Waals surface area (Å²) in [6, 6.07) is 12.3. The Morgan fingerprint density at radius 2 is 1.88 bits per heavy atom. The maximum atomic E-state index is 13.3. The van der Waals surface area contributed by atoms with Crippen molar-refractivity contribution in [2.24, 2.45) is 7.05 Å². The first kappa shape index (κ1) is 21.5. The lowest BCUT2D eigenvalue weighted by molar-refractivity contribution is -0.00180. The number of sulfone groups is 1. The van der Waals surface area contributed by atoms with Crippen LogP contribution >= 0.6 is 0 Å². The van der Waals surface area contributed by atoms with Crippen molar-refractivity contribution in [1.29, 1.82) is 0 Å². The molecule has 0 N–H and O–H groups in total. The lowest BCUT2D eigenvalue weighted by Gasteiger charge is -2.44. The first-order valence-electron chi connectivity index (χ1n) is 10.7. The molecule has 1 saturated heterocycles. The van der Waals surface area contributed by atoms with Crippen LogP contribution in [0, 0.1) is 0 Å². The van der Waals surface area contributed by atoms with E-state index >= 15 is 0 Å². The Morgan fingerprint density at radius 1 is 1.15 bits per heavy atom. The summed E-state index contributed by atoms with van der Waals surface area (Å²) in [5.41, 5.74) is 2.92. The SMILES string of the molecule is COc1cc(S(C)(=O)=O)ccc1C(=O)N1CCC2(CC1)Oc1ccccc1-c1c2cnn1C. The van der Waals surface area contributed by atoms with Crippen LogP contribution in [0.5, 0.6) is 11.5 Å². The zero-order chi connectivity index (χ0) is 23.4. The van der Waals surface area contributed by atoms with Crippen LogP contribution in [0.3, 0.4) is 0 Å². The lowest BCUT2D eigenvalue weighted by Crippen LogP contribution is -2.49. The molecule has 2 aliphatic heterocycles. The van der Waals surface area contributed by atoms with Gasteiger partial charge in [-0.1, -0.05) is 12.1 Å². The molecule has 0 bridgehead atoms. The minimum atomic E-state index is -3.40. The molecule has 2 aromatic carbocycles. The number of para-hydroxylation sites is 1. The number of piperidine rings is 1. The zero-order valence-electron chi connectivity index (χ0n) is 18.7. The molecule has 3 heterocycles. The van der Waals surface area contributed by atoms with E-state index < -0.39 is 15.4 Å². The molecule has 0 radical (unpaired) electrons. The summed E-state index contributed by atoms with van der Waals surface area (Å²) in [6.45, 7) is 0.985. The second-order valence-electron chi connectivity index (χ2n) is 8.55. The summed E-state index contributed by atoms with van der Waals surface area (Å²) in [5.74, 6) is 0.886. The number of fused-ring (bicyclic) bond motifs is 4. The van der Waals surface area contributed by atoms with E-state index in [0.717, 1.165) is 28.8 Å². The van der Waals surface area contributed by atoms with E-state index in [1.54, 1.807) is 4.90 Å². The Kier molecular flexibility index (Phi) is 4.97. The van der Waals surface area contributed by atoms with Gasteiger partial charge in [-0.05, 0) is 30.3 Å². The van der Waals surface area contributed by atoms with Crippen molar-refractivity contribution in [2.75, 3.05) is 26.5 Å². The minimum Gasteiger partial charge on any atom is -0.496 e. The number of methoxy groups -OCH3 is 1. The van der Waals surface area contributed by atoms with Gasteiger partial charge < -0.3 is 14.4 Å². The van der Waals surface area contributed by atoms with Gasteiger partial charge in [0.2, 0.25) is 0 Å². The van der Waals surface area contributed by atoms with Gasteiger partial charge in [-0.3, -0.25) is 9.48 Å². The Balaban J connectivity index is 1.42. The number of benzene rings is 2. The lowest BCUT2D eigenvalue weighted by atomic mass is 9.81. The van der Waals surface area contributed by atoms with Crippen LogP contribution in [-0.4, -0.2) is 55.5 Å². The van der Waals surface area contributed by atoms with Crippen LogP contribution in [0.15, 0.2) is 53.6 Å². The number of nitrogens with zero attached hydrogens (tertiary/aromatic N) is 3. The Morgan fingerprint density at radius 3 is 2.58 bits per heavy atom. The monoisotopic (exact) mass is 467 g/mol. The van der Waals surface area contributed by atoms with Gasteiger partial charge in [0.15, 0.2) is 9.84 Å². The molecular formula is C24H25N3O5S. The number of aromatic nitrogens is 2. The number of aryl methyl sites for hydroxylation is 1. The highest BCUT2D eigenvalue weighted by molar-refractivity contribution is 7.90. The summed E-state index contributed by atoms with van der Waals surface area (Å²) in [4.78, 5) is 15.2. The zero-order valence-corrected chi connectivity index (χ0v) is 19.6. The summed E-state index contributed by atoms with van der Waals surface area (Å²) in [7, 11) is -0.0402. The number of carbonyl (C=O) groups excluding carboxylic acids is 1. The van der Waals surface area contributed by atoms with Crippen LogP contribution in [0.4, 0.5) is 0 Å². The van der Waals surface area contributed by atoms with E-state index in [-0.39, 0.29) is 16.6 Å². The fraction of sp³-hybridized carbons (Fsp3) is 0.333. The van der Waals surface area contributed by atoms with E-state index in [1.165, 1.54) is 25.3 Å². The van der Waals surface area contributed by atoms with Gasteiger partial charge in [-0.15, -0.1) is 0 Å². The van der Waals surface area contributed by atoms with Gasteiger partial charge in [0.1, 0.15) is 17.1 Å². The molecule has 8 nitrogen and oxygen atoms in total. The molecule has 33 heavy (non-hydrogen) atoms. The fourth-order valence-corrected chi connectivity index (χ4v) is 5.44. The normalized spacial score (nSPS) is 16.6. The topological polar surface area (TPSA) is 90.7 Å². The molecular weight excluding hydrogens is 442 g/mol. The largest absolute Gasteiger partial charge is 0.496 e. The fourth-order valence-electron chi connectivity index (χ4n) is 4.80. The van der Waals surface area contributed by atoms with Crippen molar-refractivity contribution in [3.8, 4) is 22.8 Å². The van der Waals surface area contributed by atoms with Crippen molar-refractivity contribution in [2.45, 2.75) is 23.3 Å². The van der Waals surface area contributed by atoms with E-state index in [2.05, 4.69) is 5.10 Å². The maximum absolute atomic E-state index is 13.3. The van der Waals surface area contributed by atoms with Crippen LogP contribution in [0.1, 0.15) is 28.8 Å². The molecule has 0 aliphatic carbocycles. The number of hydrogen-bond donors (Lipinski definition) is 0. The predicted octanol–water partition coefficient (Wildman–Crippen LogP) is 3.02. The number of ether oxygens (including phenoxy) is 2. The third kappa shape index (κ3) is 3.47. The van der Waals surface area contributed by atoms with Crippen LogP contribution < -0.4 is 9.47 Å². The van der Waals surface area contributed by atoms with Crippen LogP contribution in [0.25, 0.3) is 11.3 Å². The molecule has 0 saturated carbocycles. The van der Waals surface area contributed by atoms with E-state index in [0.29, 0.717) is 31.5 Å². The van der Waals surface area contributed by atoms with Gasteiger partial charge in [-0.25, -0.2) is 8.42 Å². The number of amides is 1. The van der Waals surface area contributed by atoms with E-state index in [4.69, 9.17) is 9.47 Å². The minimum absolute atomic E-state index is 0.117. The van der Waals surface area contributed by atoms with Crippen LogP contribution in [0.2, 0.25) is 0 Å². The Bertz CT molecular complexity index is 1350. The van der Waals surface area contributed by atoms with Gasteiger partial charge in [0.05, 0.1) is 29.5 Å². The molecule has 1 amide bonds. The average molecular weight is 468 g/mol. The molecule has 1 spiro atoms. The van der Waals surface area contributed by atoms with Crippen molar-refractivity contribution in [1.82, 2.24) is 14.7 Å². The molecule has 0 atom stereocenters. The van der Waals surface area contributed by atoms with Crippen molar-refractivity contribution in [3.63, 3.8) is 0 Å². The van der Waals surface area contributed by atoms with Crippen molar-refractivity contribution >= 4 is 15.7 Å². The highest BCUT2D eigenvalue weighted by Crippen LogP contribution is 2.49. The summed E-state index contributed by atoms with van der Waals surface area (Å²) >= 11 is 0. The second-order valence-corrected chi connectivity index (χ2v) is 10.6. The van der Waals surface area contributed by atoms with Crippen molar-refractivity contribution in [3.05, 3.63) is 59.8 Å².